The number of carbonyl (C=O) groups excluding carboxylic acids is 1. The Kier molecular flexibility index (Phi) is 4.53. The fourth-order valence-electron chi connectivity index (χ4n) is 2.52. The zero-order chi connectivity index (χ0) is 13.9. The number of quaternary nitrogens is 1. The summed E-state index contributed by atoms with van der Waals surface area (Å²) in [6.45, 7) is 5.70. The second-order valence-corrected chi connectivity index (χ2v) is 6.12. The van der Waals surface area contributed by atoms with Gasteiger partial charge in [-0.15, -0.1) is 0 Å². The van der Waals surface area contributed by atoms with Crippen molar-refractivity contribution in [1.82, 2.24) is 0 Å². The third-order valence-corrected chi connectivity index (χ3v) is 3.89. The zero-order valence-electron chi connectivity index (χ0n) is 11.6. The lowest BCUT2D eigenvalue weighted by molar-refractivity contribution is -0.678. The van der Waals surface area contributed by atoms with Gasteiger partial charge in [-0.3, -0.25) is 4.79 Å². The highest BCUT2D eigenvalue weighted by molar-refractivity contribution is 7.81. The van der Waals surface area contributed by atoms with Crippen LogP contribution in [0.1, 0.15) is 30.9 Å². The highest BCUT2D eigenvalue weighted by Gasteiger charge is 2.40. The predicted molar refractivity (Wildman–Crippen MR) is 78.3 cm³/mol. The third kappa shape index (κ3) is 3.31. The Balaban J connectivity index is 2.28. The highest BCUT2D eigenvalue weighted by atomic mass is 32.1. The van der Waals surface area contributed by atoms with Gasteiger partial charge in [0.2, 0.25) is 0 Å². The quantitative estimate of drug-likeness (QED) is 0.649. The molecule has 0 radical (unpaired) electrons. The van der Waals surface area contributed by atoms with Crippen molar-refractivity contribution in [3.05, 3.63) is 35.4 Å². The fraction of sp³-hybridized carbons (Fsp3) is 0.533. The largest absolute Gasteiger partial charge is 0.447 e. The van der Waals surface area contributed by atoms with E-state index in [9.17, 15) is 4.79 Å². The van der Waals surface area contributed by atoms with E-state index in [1.54, 1.807) is 6.92 Å². The summed E-state index contributed by atoms with van der Waals surface area (Å²) in [5, 5.41) is 1.84. The van der Waals surface area contributed by atoms with Gasteiger partial charge in [0.15, 0.2) is 5.60 Å². The molecule has 1 fully saturated rings. The van der Waals surface area contributed by atoms with Crippen LogP contribution < -0.4 is 5.32 Å². The maximum Gasteiger partial charge on any atom is 0.319 e. The molecule has 4 heteroatoms. The maximum absolute atomic E-state index is 11.9. The molecule has 1 aliphatic rings. The van der Waals surface area contributed by atoms with Gasteiger partial charge in [0.1, 0.15) is 6.54 Å². The van der Waals surface area contributed by atoms with E-state index in [-0.39, 0.29) is 11.2 Å². The van der Waals surface area contributed by atoms with Crippen LogP contribution in [0.25, 0.3) is 0 Å². The summed E-state index contributed by atoms with van der Waals surface area (Å²) in [5.41, 5.74) is 1.82. The van der Waals surface area contributed by atoms with E-state index in [2.05, 4.69) is 49.1 Å². The second kappa shape index (κ2) is 5.97. The lowest BCUT2D eigenvalue weighted by Gasteiger charge is -2.35. The zero-order valence-corrected chi connectivity index (χ0v) is 12.5. The number of benzene rings is 1. The monoisotopic (exact) mass is 280 g/mol. The number of esters is 1. The summed E-state index contributed by atoms with van der Waals surface area (Å²) in [6, 6.07) is 8.29. The first-order valence-electron chi connectivity index (χ1n) is 6.83. The van der Waals surface area contributed by atoms with Crippen molar-refractivity contribution < 1.29 is 14.8 Å². The molecule has 0 saturated carbocycles. The second-order valence-electron chi connectivity index (χ2n) is 5.34. The molecule has 2 atom stereocenters. The Morgan fingerprint density at radius 2 is 2.11 bits per heavy atom. The summed E-state index contributed by atoms with van der Waals surface area (Å²) in [4.78, 5) is 11.9. The van der Waals surface area contributed by atoms with E-state index in [0.717, 1.165) is 31.5 Å². The Morgan fingerprint density at radius 1 is 1.42 bits per heavy atom. The van der Waals surface area contributed by atoms with Crippen LogP contribution in [0.15, 0.2) is 24.3 Å². The van der Waals surface area contributed by atoms with Gasteiger partial charge in [-0.2, -0.15) is 12.6 Å². The molecular weight excluding hydrogens is 258 g/mol. The molecule has 0 amide bonds. The van der Waals surface area contributed by atoms with E-state index in [4.69, 9.17) is 4.74 Å². The number of nitrogens with two attached hydrogens (primary N) is 1. The van der Waals surface area contributed by atoms with E-state index in [1.807, 2.05) is 0 Å². The average Bonchev–Trinajstić information content (AvgIpc) is 2.40. The Labute approximate surface area is 120 Å². The van der Waals surface area contributed by atoms with Gasteiger partial charge in [-0.25, -0.2) is 0 Å². The van der Waals surface area contributed by atoms with Gasteiger partial charge < -0.3 is 10.1 Å². The van der Waals surface area contributed by atoms with E-state index >= 15 is 0 Å². The van der Waals surface area contributed by atoms with Gasteiger partial charge in [-0.1, -0.05) is 29.8 Å². The summed E-state index contributed by atoms with van der Waals surface area (Å²) >= 11 is 4.17. The van der Waals surface area contributed by atoms with Crippen LogP contribution in [0.2, 0.25) is 0 Å². The molecule has 1 aliphatic heterocycles. The average molecular weight is 280 g/mol. The molecule has 2 N–H and O–H groups in total. The van der Waals surface area contributed by atoms with Crippen molar-refractivity contribution in [3.63, 3.8) is 0 Å². The van der Waals surface area contributed by atoms with Crippen molar-refractivity contribution in [3.8, 4) is 0 Å². The molecule has 0 aliphatic carbocycles. The summed E-state index contributed by atoms with van der Waals surface area (Å²) in [6.07, 6.45) is 1.95. The molecule has 104 valence electrons. The molecular formula is C15H22NO2S+. The SMILES string of the molecule is Cc1ccc(C2(OC(=O)C(C)S)CCC[NH2+]C2)cc1. The number of piperidine rings is 1. The standard InChI is InChI=1S/C15H21NO2S/c1-11-4-6-13(7-5-11)15(8-3-9-16-10-15)18-14(17)12(2)19/h4-7,12,16,19H,3,8-10H2,1-2H3/p+1. The number of aryl methyl sites for hydroxylation is 1. The van der Waals surface area contributed by atoms with Gasteiger partial charge in [0.25, 0.3) is 0 Å². The van der Waals surface area contributed by atoms with Gasteiger partial charge in [-0.05, 0) is 13.8 Å². The van der Waals surface area contributed by atoms with Crippen LogP contribution >= 0.6 is 12.6 Å². The molecule has 1 saturated heterocycles. The third-order valence-electron chi connectivity index (χ3n) is 3.68. The molecule has 1 heterocycles. The van der Waals surface area contributed by atoms with Gasteiger partial charge in [0.05, 0.1) is 11.8 Å². The molecule has 2 unspecified atom stereocenters. The van der Waals surface area contributed by atoms with Crippen LogP contribution in [0, 0.1) is 6.92 Å². The smallest absolute Gasteiger partial charge is 0.319 e. The van der Waals surface area contributed by atoms with E-state index in [1.165, 1.54) is 5.56 Å². The summed E-state index contributed by atoms with van der Waals surface area (Å²) in [5.74, 6) is -0.237. The summed E-state index contributed by atoms with van der Waals surface area (Å²) in [7, 11) is 0. The highest BCUT2D eigenvalue weighted by Crippen LogP contribution is 2.32. The Morgan fingerprint density at radius 3 is 2.63 bits per heavy atom. The van der Waals surface area contributed by atoms with Crippen molar-refractivity contribution in [1.29, 1.82) is 0 Å². The molecule has 1 aromatic carbocycles. The molecule has 19 heavy (non-hydrogen) atoms. The van der Waals surface area contributed by atoms with Crippen molar-refractivity contribution in [2.75, 3.05) is 13.1 Å². The molecule has 1 aromatic rings. The number of ether oxygens (including phenoxy) is 1. The van der Waals surface area contributed by atoms with E-state index in [0.29, 0.717) is 0 Å². The van der Waals surface area contributed by atoms with Gasteiger partial charge in [0, 0.05) is 18.4 Å². The van der Waals surface area contributed by atoms with Crippen molar-refractivity contribution in [2.45, 2.75) is 37.5 Å². The first kappa shape index (κ1) is 14.4. The van der Waals surface area contributed by atoms with Crippen molar-refractivity contribution in [2.24, 2.45) is 0 Å². The fourth-order valence-corrected chi connectivity index (χ4v) is 2.57. The molecule has 3 nitrogen and oxygen atoms in total. The topological polar surface area (TPSA) is 42.9 Å². The van der Waals surface area contributed by atoms with Crippen LogP contribution in [0.5, 0.6) is 0 Å². The van der Waals surface area contributed by atoms with Crippen LogP contribution in [-0.2, 0) is 15.1 Å². The number of thiol groups is 1. The number of carbonyl (C=O) groups is 1. The van der Waals surface area contributed by atoms with Crippen molar-refractivity contribution >= 4 is 18.6 Å². The lowest BCUT2D eigenvalue weighted by atomic mass is 9.86. The molecule has 0 bridgehead atoms. The van der Waals surface area contributed by atoms with E-state index < -0.39 is 5.60 Å². The number of hydrogen-bond donors (Lipinski definition) is 2. The normalized spacial score (nSPS) is 24.8. The van der Waals surface area contributed by atoms with Gasteiger partial charge >= 0.3 is 5.97 Å². The number of rotatable bonds is 3. The minimum Gasteiger partial charge on any atom is -0.447 e. The first-order chi connectivity index (χ1) is 9.03. The minimum absolute atomic E-state index is 0.237. The van der Waals surface area contributed by atoms with Crippen LogP contribution in [0.4, 0.5) is 0 Å². The lowest BCUT2D eigenvalue weighted by Crippen LogP contribution is -2.90. The predicted octanol–water partition coefficient (Wildman–Crippen LogP) is 1.41. The molecule has 0 aromatic heterocycles. The number of hydrogen-bond acceptors (Lipinski definition) is 3. The van der Waals surface area contributed by atoms with Crippen LogP contribution in [-0.4, -0.2) is 24.3 Å². The first-order valence-corrected chi connectivity index (χ1v) is 7.35. The Hall–Kier alpha value is -1.00. The molecule has 2 rings (SSSR count). The Bertz CT molecular complexity index is 436. The summed E-state index contributed by atoms with van der Waals surface area (Å²) < 4.78 is 5.82. The maximum atomic E-state index is 11.9. The molecule has 0 spiro atoms. The minimum atomic E-state index is -0.486. The van der Waals surface area contributed by atoms with Crippen LogP contribution in [0.3, 0.4) is 0 Å².